The first-order valence-electron chi connectivity index (χ1n) is 6.59. The van der Waals surface area contributed by atoms with Crippen LogP contribution in [0.2, 0.25) is 15.1 Å². The smallest absolute Gasteiger partial charge is 0.331 e. The summed E-state index contributed by atoms with van der Waals surface area (Å²) in [6, 6.07) is 12.0. The van der Waals surface area contributed by atoms with Crippen molar-refractivity contribution in [3.05, 3.63) is 63.1 Å². The molecule has 0 amide bonds. The van der Waals surface area contributed by atoms with Crippen molar-refractivity contribution in [2.45, 2.75) is 12.1 Å². The molecule has 1 saturated heterocycles. The van der Waals surface area contributed by atoms with Crippen LogP contribution in [0, 0.1) is 0 Å². The van der Waals surface area contributed by atoms with E-state index in [1.54, 1.807) is 30.3 Å². The second kappa shape index (κ2) is 5.99. The van der Waals surface area contributed by atoms with Crippen LogP contribution < -0.4 is 4.90 Å². The number of nitrogens with zero attached hydrogens (tertiary/aromatic N) is 1. The summed E-state index contributed by atoms with van der Waals surface area (Å²) < 4.78 is 4.89. The molecule has 1 heterocycles. The van der Waals surface area contributed by atoms with Gasteiger partial charge < -0.3 is 9.64 Å². The number of hydrogen-bond donors (Lipinski definition) is 0. The molecule has 2 aromatic rings. The minimum atomic E-state index is -0.415. The lowest BCUT2D eigenvalue weighted by Crippen LogP contribution is -2.14. The van der Waals surface area contributed by atoms with E-state index in [-0.39, 0.29) is 12.0 Å². The summed E-state index contributed by atoms with van der Waals surface area (Å²) in [5, 5.41) is 1.74. The highest BCUT2D eigenvalue weighted by atomic mass is 35.5. The standard InChI is InChI=1S/C16H12Cl3NO2/c1-22-16(21)15-14(9-2-4-10(17)5-3-9)20(15)13-8-11(18)6-7-12(13)19/h2-8,14-15H,1H3/t14-,15+,20?/m1/s1. The van der Waals surface area contributed by atoms with Crippen molar-refractivity contribution in [1.29, 1.82) is 0 Å². The first kappa shape index (κ1) is 15.5. The molecule has 0 radical (unpaired) electrons. The van der Waals surface area contributed by atoms with Gasteiger partial charge >= 0.3 is 5.97 Å². The zero-order valence-electron chi connectivity index (χ0n) is 11.6. The second-order valence-electron chi connectivity index (χ2n) is 4.97. The largest absolute Gasteiger partial charge is 0.467 e. The Bertz CT molecular complexity index is 718. The fourth-order valence-electron chi connectivity index (χ4n) is 2.58. The Morgan fingerprint density at radius 3 is 2.32 bits per heavy atom. The van der Waals surface area contributed by atoms with Crippen molar-refractivity contribution >= 4 is 46.5 Å². The first-order valence-corrected chi connectivity index (χ1v) is 7.73. The number of esters is 1. The Morgan fingerprint density at radius 1 is 1.05 bits per heavy atom. The molecule has 0 aliphatic carbocycles. The van der Waals surface area contributed by atoms with Crippen LogP contribution in [0.25, 0.3) is 0 Å². The average Bonchev–Trinajstić information content (AvgIpc) is 3.25. The highest BCUT2D eigenvalue weighted by Crippen LogP contribution is 2.50. The van der Waals surface area contributed by atoms with E-state index in [1.165, 1.54) is 7.11 Å². The summed E-state index contributed by atoms with van der Waals surface area (Å²) in [7, 11) is 1.37. The molecule has 2 aromatic carbocycles. The van der Waals surface area contributed by atoms with E-state index in [1.807, 2.05) is 17.0 Å². The highest BCUT2D eigenvalue weighted by molar-refractivity contribution is 6.35. The molecule has 0 aromatic heterocycles. The lowest BCUT2D eigenvalue weighted by molar-refractivity contribution is -0.139. The fourth-order valence-corrected chi connectivity index (χ4v) is 3.09. The summed E-state index contributed by atoms with van der Waals surface area (Å²) in [5.41, 5.74) is 1.68. The zero-order chi connectivity index (χ0) is 15.9. The van der Waals surface area contributed by atoms with E-state index >= 15 is 0 Å². The predicted octanol–water partition coefficient (Wildman–Crippen LogP) is 4.75. The summed E-state index contributed by atoms with van der Waals surface area (Å²) >= 11 is 18.2. The zero-order valence-corrected chi connectivity index (χ0v) is 13.9. The average molecular weight is 357 g/mol. The van der Waals surface area contributed by atoms with Crippen LogP contribution >= 0.6 is 34.8 Å². The van der Waals surface area contributed by atoms with Crippen LogP contribution in [0.15, 0.2) is 42.5 Å². The van der Waals surface area contributed by atoms with E-state index in [9.17, 15) is 4.79 Å². The van der Waals surface area contributed by atoms with Gasteiger partial charge in [0.25, 0.3) is 0 Å². The molecule has 2 atom stereocenters. The molecule has 3 nitrogen and oxygen atoms in total. The van der Waals surface area contributed by atoms with E-state index in [0.717, 1.165) is 5.56 Å². The van der Waals surface area contributed by atoms with E-state index in [4.69, 9.17) is 39.5 Å². The molecule has 114 valence electrons. The van der Waals surface area contributed by atoms with Gasteiger partial charge in [-0.1, -0.05) is 46.9 Å². The van der Waals surface area contributed by atoms with Gasteiger partial charge in [0.2, 0.25) is 0 Å². The molecule has 1 aliphatic heterocycles. The van der Waals surface area contributed by atoms with Crippen LogP contribution in [-0.2, 0) is 9.53 Å². The maximum atomic E-state index is 12.0. The number of carbonyl (C=O) groups excluding carboxylic acids is 1. The van der Waals surface area contributed by atoms with Crippen LogP contribution in [0.3, 0.4) is 0 Å². The van der Waals surface area contributed by atoms with Gasteiger partial charge in [-0.05, 0) is 35.9 Å². The van der Waals surface area contributed by atoms with Gasteiger partial charge in [-0.3, -0.25) is 0 Å². The van der Waals surface area contributed by atoms with Crippen LogP contribution in [-0.4, -0.2) is 19.1 Å². The Labute approximate surface area is 143 Å². The van der Waals surface area contributed by atoms with Crippen molar-refractivity contribution in [3.63, 3.8) is 0 Å². The number of halogens is 3. The normalized spacial score (nSPS) is 19.9. The third kappa shape index (κ3) is 2.76. The molecule has 0 N–H and O–H groups in total. The van der Waals surface area contributed by atoms with Crippen molar-refractivity contribution in [2.24, 2.45) is 0 Å². The number of carbonyl (C=O) groups is 1. The van der Waals surface area contributed by atoms with Crippen molar-refractivity contribution in [2.75, 3.05) is 12.0 Å². The minimum Gasteiger partial charge on any atom is -0.467 e. The maximum Gasteiger partial charge on any atom is 0.331 e. The lowest BCUT2D eigenvalue weighted by Gasteiger charge is -2.09. The number of ether oxygens (including phenoxy) is 1. The van der Waals surface area contributed by atoms with Gasteiger partial charge in [-0.25, -0.2) is 4.79 Å². The van der Waals surface area contributed by atoms with Crippen LogP contribution in [0.4, 0.5) is 5.69 Å². The number of hydrogen-bond acceptors (Lipinski definition) is 3. The SMILES string of the molecule is COC(=O)[C@@H]1[C@@H](c2ccc(Cl)cc2)N1c1cc(Cl)ccc1Cl. The van der Waals surface area contributed by atoms with E-state index in [2.05, 4.69) is 0 Å². The Kier molecular flexibility index (Phi) is 4.22. The van der Waals surface area contributed by atoms with Crippen molar-refractivity contribution in [3.8, 4) is 0 Å². The number of rotatable bonds is 3. The fraction of sp³-hybridized carbons (Fsp3) is 0.188. The first-order chi connectivity index (χ1) is 10.5. The molecule has 6 heteroatoms. The Balaban J connectivity index is 1.99. The molecule has 0 spiro atoms. The summed E-state index contributed by atoms with van der Waals surface area (Å²) in [5.74, 6) is -0.309. The summed E-state index contributed by atoms with van der Waals surface area (Å²) in [6.45, 7) is 0. The number of methoxy groups -OCH3 is 1. The molecule has 0 saturated carbocycles. The lowest BCUT2D eigenvalue weighted by atomic mass is 10.1. The van der Waals surface area contributed by atoms with E-state index < -0.39 is 6.04 Å². The molecular formula is C16H12Cl3NO2. The predicted molar refractivity (Wildman–Crippen MR) is 88.9 cm³/mol. The van der Waals surface area contributed by atoms with Crippen LogP contribution in [0.5, 0.6) is 0 Å². The molecule has 1 aliphatic rings. The van der Waals surface area contributed by atoms with Gasteiger partial charge in [0, 0.05) is 10.0 Å². The third-order valence-electron chi connectivity index (χ3n) is 3.65. The molecule has 0 unspecified atom stereocenters. The molecule has 3 rings (SSSR count). The second-order valence-corrected chi connectivity index (χ2v) is 6.25. The Hall–Kier alpha value is -1.42. The maximum absolute atomic E-state index is 12.0. The minimum absolute atomic E-state index is 0.138. The van der Waals surface area contributed by atoms with Crippen LogP contribution in [0.1, 0.15) is 11.6 Å². The van der Waals surface area contributed by atoms with E-state index in [0.29, 0.717) is 20.8 Å². The highest BCUT2D eigenvalue weighted by Gasteiger charge is 2.55. The van der Waals surface area contributed by atoms with Gasteiger partial charge in [-0.2, -0.15) is 0 Å². The molecule has 0 bridgehead atoms. The van der Waals surface area contributed by atoms with Gasteiger partial charge in [0.1, 0.15) is 0 Å². The molecule has 1 fully saturated rings. The topological polar surface area (TPSA) is 29.3 Å². The number of anilines is 1. The summed E-state index contributed by atoms with van der Waals surface area (Å²) in [4.78, 5) is 13.9. The van der Waals surface area contributed by atoms with Crippen molar-refractivity contribution in [1.82, 2.24) is 0 Å². The van der Waals surface area contributed by atoms with Gasteiger partial charge in [-0.15, -0.1) is 0 Å². The summed E-state index contributed by atoms with van der Waals surface area (Å²) in [6.07, 6.45) is 0. The van der Waals surface area contributed by atoms with Gasteiger partial charge in [0.15, 0.2) is 6.04 Å². The monoisotopic (exact) mass is 355 g/mol. The molecule has 22 heavy (non-hydrogen) atoms. The molecular weight excluding hydrogens is 345 g/mol. The number of benzene rings is 2. The van der Waals surface area contributed by atoms with Gasteiger partial charge in [0.05, 0.1) is 23.9 Å². The quantitative estimate of drug-likeness (QED) is 0.587. The third-order valence-corrected chi connectivity index (χ3v) is 4.46. The Morgan fingerprint density at radius 2 is 1.68 bits per heavy atom. The van der Waals surface area contributed by atoms with Crippen molar-refractivity contribution < 1.29 is 9.53 Å².